The van der Waals surface area contributed by atoms with Crippen molar-refractivity contribution in [1.82, 2.24) is 0 Å². The number of benzene rings is 2. The van der Waals surface area contributed by atoms with E-state index < -0.39 is 0 Å². The van der Waals surface area contributed by atoms with Crippen LogP contribution in [0.1, 0.15) is 5.56 Å². The minimum absolute atomic E-state index is 0.285. The van der Waals surface area contributed by atoms with Gasteiger partial charge in [0, 0.05) is 10.2 Å². The summed E-state index contributed by atoms with van der Waals surface area (Å²) in [6.45, 7) is 0. The fraction of sp³-hybridized carbons (Fsp3) is 0. The summed E-state index contributed by atoms with van der Waals surface area (Å²) in [6, 6.07) is 13.5. The maximum atomic E-state index is 12.7. The van der Waals surface area contributed by atoms with E-state index in [9.17, 15) is 4.39 Å². The van der Waals surface area contributed by atoms with Crippen molar-refractivity contribution in [3.05, 3.63) is 58.3 Å². The molecule has 2 rings (SSSR count). The van der Waals surface area contributed by atoms with Gasteiger partial charge in [-0.2, -0.15) is 5.26 Å². The molecule has 0 bridgehead atoms. The maximum Gasteiger partial charge on any atom is 0.123 e. The van der Waals surface area contributed by atoms with Gasteiger partial charge in [0.2, 0.25) is 0 Å². The Labute approximate surface area is 107 Å². The Morgan fingerprint density at radius 3 is 2.47 bits per heavy atom. The predicted molar refractivity (Wildman–Crippen MR) is 68.5 cm³/mol. The van der Waals surface area contributed by atoms with Crippen molar-refractivity contribution in [3.63, 3.8) is 0 Å². The molecule has 0 atom stereocenters. The Bertz CT molecular complexity index is 573. The molecule has 17 heavy (non-hydrogen) atoms. The van der Waals surface area contributed by atoms with Crippen LogP contribution in [0, 0.1) is 17.1 Å². The minimum atomic E-state index is -0.285. The lowest BCUT2D eigenvalue weighted by Crippen LogP contribution is -1.93. The first-order chi connectivity index (χ1) is 8.19. The van der Waals surface area contributed by atoms with E-state index in [0.717, 1.165) is 10.2 Å². The first kappa shape index (κ1) is 11.6. The molecule has 0 spiro atoms. The normalized spacial score (nSPS) is 9.71. The highest BCUT2D eigenvalue weighted by atomic mass is 79.9. The maximum absolute atomic E-state index is 12.7. The van der Waals surface area contributed by atoms with Gasteiger partial charge in [-0.3, -0.25) is 0 Å². The average molecular weight is 291 g/mol. The summed E-state index contributed by atoms with van der Waals surface area (Å²) in [5.41, 5.74) is 1.97. The van der Waals surface area contributed by atoms with E-state index in [2.05, 4.69) is 27.3 Å². The molecule has 0 fully saturated rings. The largest absolute Gasteiger partial charge is 0.354 e. The molecule has 0 aliphatic heterocycles. The monoisotopic (exact) mass is 290 g/mol. The summed E-state index contributed by atoms with van der Waals surface area (Å²) >= 11 is 3.30. The Kier molecular flexibility index (Phi) is 3.40. The first-order valence-electron chi connectivity index (χ1n) is 4.91. The Hall–Kier alpha value is -1.86. The zero-order chi connectivity index (χ0) is 12.3. The second kappa shape index (κ2) is 4.98. The SMILES string of the molecule is N#Cc1cc(Br)ccc1Nc1ccc(F)cc1. The fourth-order valence-electron chi connectivity index (χ4n) is 1.41. The van der Waals surface area contributed by atoms with Crippen molar-refractivity contribution in [2.45, 2.75) is 0 Å². The smallest absolute Gasteiger partial charge is 0.123 e. The number of anilines is 2. The van der Waals surface area contributed by atoms with Crippen LogP contribution in [0.25, 0.3) is 0 Å². The molecule has 0 aliphatic rings. The molecule has 2 aromatic carbocycles. The van der Waals surface area contributed by atoms with E-state index in [1.807, 2.05) is 6.07 Å². The lowest BCUT2D eigenvalue weighted by atomic mass is 10.2. The topological polar surface area (TPSA) is 35.8 Å². The Morgan fingerprint density at radius 1 is 1.12 bits per heavy atom. The molecule has 1 N–H and O–H groups in total. The van der Waals surface area contributed by atoms with Gasteiger partial charge in [-0.05, 0) is 42.5 Å². The highest BCUT2D eigenvalue weighted by molar-refractivity contribution is 9.10. The summed E-state index contributed by atoms with van der Waals surface area (Å²) in [5.74, 6) is -0.285. The number of hydrogen-bond donors (Lipinski definition) is 1. The molecule has 0 aromatic heterocycles. The lowest BCUT2D eigenvalue weighted by Gasteiger charge is -2.08. The summed E-state index contributed by atoms with van der Waals surface area (Å²) in [4.78, 5) is 0. The van der Waals surface area contributed by atoms with E-state index >= 15 is 0 Å². The number of rotatable bonds is 2. The van der Waals surface area contributed by atoms with Gasteiger partial charge in [-0.25, -0.2) is 4.39 Å². The number of nitriles is 1. The number of hydrogen-bond acceptors (Lipinski definition) is 2. The van der Waals surface area contributed by atoms with Crippen molar-refractivity contribution in [1.29, 1.82) is 5.26 Å². The highest BCUT2D eigenvalue weighted by Gasteiger charge is 2.03. The van der Waals surface area contributed by atoms with E-state index in [1.54, 1.807) is 24.3 Å². The third-order valence-corrected chi connectivity index (χ3v) is 2.72. The summed E-state index contributed by atoms with van der Waals surface area (Å²) < 4.78 is 13.6. The van der Waals surface area contributed by atoms with Crippen molar-refractivity contribution >= 4 is 27.3 Å². The van der Waals surface area contributed by atoms with Gasteiger partial charge in [-0.1, -0.05) is 15.9 Å². The molecule has 2 aromatic rings. The highest BCUT2D eigenvalue weighted by Crippen LogP contribution is 2.23. The van der Waals surface area contributed by atoms with E-state index in [0.29, 0.717) is 11.3 Å². The molecule has 0 unspecified atom stereocenters. The second-order valence-electron chi connectivity index (χ2n) is 3.43. The quantitative estimate of drug-likeness (QED) is 0.900. The molecule has 0 saturated heterocycles. The van der Waals surface area contributed by atoms with E-state index in [-0.39, 0.29) is 5.82 Å². The lowest BCUT2D eigenvalue weighted by molar-refractivity contribution is 0.628. The standard InChI is InChI=1S/C13H8BrFN2/c14-10-1-6-13(9(7-10)8-16)17-12-4-2-11(15)3-5-12/h1-7,17H. The third kappa shape index (κ3) is 2.83. The number of nitrogens with one attached hydrogen (secondary N) is 1. The fourth-order valence-corrected chi connectivity index (χ4v) is 1.77. The van der Waals surface area contributed by atoms with Crippen molar-refractivity contribution in [2.24, 2.45) is 0 Å². The third-order valence-electron chi connectivity index (χ3n) is 2.23. The van der Waals surface area contributed by atoms with Crippen molar-refractivity contribution < 1.29 is 4.39 Å². The van der Waals surface area contributed by atoms with E-state index in [4.69, 9.17) is 5.26 Å². The van der Waals surface area contributed by atoms with Crippen LogP contribution >= 0.6 is 15.9 Å². The van der Waals surface area contributed by atoms with Crippen LogP contribution in [0.3, 0.4) is 0 Å². The molecule has 2 nitrogen and oxygen atoms in total. The van der Waals surface area contributed by atoms with Crippen LogP contribution in [-0.4, -0.2) is 0 Å². The zero-order valence-electron chi connectivity index (χ0n) is 8.74. The van der Waals surface area contributed by atoms with Crippen molar-refractivity contribution in [3.8, 4) is 6.07 Å². The van der Waals surface area contributed by atoms with Gasteiger partial charge in [0.05, 0.1) is 11.3 Å². The van der Waals surface area contributed by atoms with Crippen molar-refractivity contribution in [2.75, 3.05) is 5.32 Å². The molecule has 84 valence electrons. The summed E-state index contributed by atoms with van der Waals surface area (Å²) in [7, 11) is 0. The molecule has 4 heteroatoms. The van der Waals surface area contributed by atoms with Gasteiger partial charge in [0.15, 0.2) is 0 Å². The Balaban J connectivity index is 2.30. The summed E-state index contributed by atoms with van der Waals surface area (Å²) in [6.07, 6.45) is 0. The van der Waals surface area contributed by atoms with Crippen LogP contribution in [0.2, 0.25) is 0 Å². The van der Waals surface area contributed by atoms with E-state index in [1.165, 1.54) is 12.1 Å². The molecule has 0 heterocycles. The minimum Gasteiger partial charge on any atom is -0.354 e. The zero-order valence-corrected chi connectivity index (χ0v) is 10.3. The number of halogens is 2. The number of nitrogens with zero attached hydrogens (tertiary/aromatic N) is 1. The first-order valence-corrected chi connectivity index (χ1v) is 5.70. The second-order valence-corrected chi connectivity index (χ2v) is 4.35. The molecular weight excluding hydrogens is 283 g/mol. The van der Waals surface area contributed by atoms with Crippen LogP contribution in [0.5, 0.6) is 0 Å². The van der Waals surface area contributed by atoms with Crippen LogP contribution in [-0.2, 0) is 0 Å². The van der Waals surface area contributed by atoms with Crippen LogP contribution < -0.4 is 5.32 Å². The molecule has 0 aliphatic carbocycles. The molecule has 0 radical (unpaired) electrons. The van der Waals surface area contributed by atoms with Gasteiger partial charge in [-0.15, -0.1) is 0 Å². The predicted octanol–water partition coefficient (Wildman–Crippen LogP) is 4.20. The Morgan fingerprint density at radius 2 is 1.82 bits per heavy atom. The van der Waals surface area contributed by atoms with Crippen LogP contribution in [0.15, 0.2) is 46.9 Å². The molecular formula is C13H8BrFN2. The average Bonchev–Trinajstić information content (AvgIpc) is 2.34. The summed E-state index contributed by atoms with van der Waals surface area (Å²) in [5, 5.41) is 12.1. The van der Waals surface area contributed by atoms with Gasteiger partial charge < -0.3 is 5.32 Å². The molecule has 0 amide bonds. The van der Waals surface area contributed by atoms with Crippen LogP contribution in [0.4, 0.5) is 15.8 Å². The van der Waals surface area contributed by atoms with Gasteiger partial charge in [0.1, 0.15) is 11.9 Å². The van der Waals surface area contributed by atoms with Gasteiger partial charge in [0.25, 0.3) is 0 Å². The van der Waals surface area contributed by atoms with Gasteiger partial charge >= 0.3 is 0 Å². The molecule has 0 saturated carbocycles.